The van der Waals surface area contributed by atoms with Crippen molar-refractivity contribution in [1.29, 1.82) is 0 Å². The average molecular weight is 427 g/mol. The predicted octanol–water partition coefficient (Wildman–Crippen LogP) is 3.06. The lowest BCUT2D eigenvalue weighted by molar-refractivity contribution is 0.0663. The fourth-order valence-electron chi connectivity index (χ4n) is 3.97. The number of benzene rings is 2. The van der Waals surface area contributed by atoms with Crippen LogP contribution in [0.1, 0.15) is 18.8 Å². The summed E-state index contributed by atoms with van der Waals surface area (Å²) < 4.78 is 17.1. The van der Waals surface area contributed by atoms with E-state index in [4.69, 9.17) is 13.9 Å². The molecule has 2 unspecified atom stereocenters. The number of rotatable bonds is 8. The summed E-state index contributed by atoms with van der Waals surface area (Å²) >= 11 is 0. The second kappa shape index (κ2) is 9.60. The van der Waals surface area contributed by atoms with E-state index in [1.165, 1.54) is 0 Å². The van der Waals surface area contributed by atoms with Gasteiger partial charge in [-0.3, -0.25) is 4.90 Å². The van der Waals surface area contributed by atoms with Gasteiger partial charge in [-0.15, -0.1) is 0 Å². The van der Waals surface area contributed by atoms with Crippen LogP contribution >= 0.6 is 0 Å². The Morgan fingerprint density at radius 3 is 2.48 bits per heavy atom. The monoisotopic (exact) mass is 426 g/mol. The highest BCUT2D eigenvalue weighted by Gasteiger charge is 2.22. The van der Waals surface area contributed by atoms with Crippen molar-refractivity contribution in [3.05, 3.63) is 54.3 Å². The Morgan fingerprint density at radius 1 is 1.00 bits per heavy atom. The number of ether oxygens (including phenoxy) is 2. The summed E-state index contributed by atoms with van der Waals surface area (Å²) in [6.45, 7) is 5.86. The molecule has 0 spiro atoms. The van der Waals surface area contributed by atoms with E-state index in [-0.39, 0.29) is 6.61 Å². The van der Waals surface area contributed by atoms with Gasteiger partial charge in [0.1, 0.15) is 30.3 Å². The van der Waals surface area contributed by atoms with Crippen LogP contribution in [0, 0.1) is 0 Å². The van der Waals surface area contributed by atoms with Crippen LogP contribution in [-0.2, 0) is 0 Å². The van der Waals surface area contributed by atoms with Crippen molar-refractivity contribution in [1.82, 2.24) is 4.90 Å². The lowest BCUT2D eigenvalue weighted by Gasteiger charge is -2.37. The van der Waals surface area contributed by atoms with E-state index in [1.54, 1.807) is 14.0 Å². The van der Waals surface area contributed by atoms with Gasteiger partial charge in [0.15, 0.2) is 11.3 Å². The molecule has 1 saturated heterocycles. The van der Waals surface area contributed by atoms with Gasteiger partial charge in [-0.2, -0.15) is 0 Å². The molecule has 0 bridgehead atoms. The number of furan rings is 1. The first kappa shape index (κ1) is 21.5. The normalized spacial score (nSPS) is 17.0. The summed E-state index contributed by atoms with van der Waals surface area (Å²) in [6.07, 6.45) is -1.29. The van der Waals surface area contributed by atoms with Crippen molar-refractivity contribution in [3.63, 3.8) is 0 Å². The third-order valence-corrected chi connectivity index (χ3v) is 5.64. The zero-order valence-corrected chi connectivity index (χ0v) is 18.0. The summed E-state index contributed by atoms with van der Waals surface area (Å²) in [5, 5.41) is 21.1. The van der Waals surface area contributed by atoms with Crippen LogP contribution < -0.4 is 14.4 Å². The van der Waals surface area contributed by atoms with Crippen LogP contribution in [0.5, 0.6) is 11.5 Å². The number of hydrogen-bond donors (Lipinski definition) is 2. The van der Waals surface area contributed by atoms with Gasteiger partial charge in [0, 0.05) is 38.1 Å². The largest absolute Gasteiger partial charge is 0.495 e. The standard InChI is InChI=1S/C24H30N2O5/c1-17(27)23-14-18-6-5-9-22(24(18)31-23)30-16-19(28)15-25-10-12-26(13-11-25)20-7-3-4-8-21(20)29-2/h3-9,14,17,19,27-28H,10-13,15-16H2,1-2H3. The van der Waals surface area contributed by atoms with Crippen molar-refractivity contribution in [2.75, 3.05) is 51.3 Å². The van der Waals surface area contributed by atoms with E-state index in [0.717, 1.165) is 43.0 Å². The number of piperazine rings is 1. The fourth-order valence-corrected chi connectivity index (χ4v) is 3.97. The van der Waals surface area contributed by atoms with Crippen molar-refractivity contribution in [3.8, 4) is 11.5 Å². The molecule has 1 aliphatic heterocycles. The van der Waals surface area contributed by atoms with Crippen LogP contribution in [0.2, 0.25) is 0 Å². The van der Waals surface area contributed by atoms with E-state index in [1.807, 2.05) is 42.5 Å². The minimum atomic E-state index is -0.680. The third-order valence-electron chi connectivity index (χ3n) is 5.64. The van der Waals surface area contributed by atoms with Crippen molar-refractivity contribution >= 4 is 16.7 Å². The molecule has 166 valence electrons. The van der Waals surface area contributed by atoms with Crippen LogP contribution in [-0.4, -0.2) is 67.7 Å². The van der Waals surface area contributed by atoms with E-state index >= 15 is 0 Å². The highest BCUT2D eigenvalue weighted by molar-refractivity contribution is 5.83. The molecule has 2 atom stereocenters. The number of para-hydroxylation sites is 3. The maximum Gasteiger partial charge on any atom is 0.176 e. The van der Waals surface area contributed by atoms with Gasteiger partial charge in [-0.05, 0) is 31.2 Å². The molecule has 1 fully saturated rings. The fraction of sp³-hybridized carbons (Fsp3) is 0.417. The quantitative estimate of drug-likeness (QED) is 0.573. The molecular weight excluding hydrogens is 396 g/mol. The first-order chi connectivity index (χ1) is 15.0. The number of aliphatic hydroxyl groups is 2. The molecule has 0 amide bonds. The molecule has 1 aliphatic rings. The predicted molar refractivity (Wildman–Crippen MR) is 120 cm³/mol. The number of fused-ring (bicyclic) bond motifs is 1. The molecule has 0 saturated carbocycles. The Kier molecular flexibility index (Phi) is 6.65. The zero-order valence-electron chi connectivity index (χ0n) is 18.0. The second-order valence-corrected chi connectivity index (χ2v) is 7.92. The van der Waals surface area contributed by atoms with Gasteiger partial charge in [0.2, 0.25) is 0 Å². The summed E-state index contributed by atoms with van der Waals surface area (Å²) in [5.74, 6) is 1.96. The Labute approximate surface area is 182 Å². The van der Waals surface area contributed by atoms with Crippen molar-refractivity contribution < 1.29 is 24.1 Å². The van der Waals surface area contributed by atoms with Crippen LogP contribution in [0.15, 0.2) is 52.9 Å². The average Bonchev–Trinajstić information content (AvgIpc) is 3.24. The number of hydrogen-bond acceptors (Lipinski definition) is 7. The number of methoxy groups -OCH3 is 1. The topological polar surface area (TPSA) is 78.5 Å². The number of β-amino-alcohol motifs (C(OH)–C–C–N with tert-alkyl or cyclic N) is 1. The van der Waals surface area contributed by atoms with Crippen molar-refractivity contribution in [2.24, 2.45) is 0 Å². The highest BCUT2D eigenvalue weighted by Crippen LogP contribution is 2.31. The molecular formula is C24H30N2O5. The highest BCUT2D eigenvalue weighted by atomic mass is 16.5. The zero-order chi connectivity index (χ0) is 21.8. The van der Waals surface area contributed by atoms with Gasteiger partial charge < -0.3 is 29.0 Å². The number of aliphatic hydroxyl groups excluding tert-OH is 2. The van der Waals surface area contributed by atoms with E-state index in [2.05, 4.69) is 15.9 Å². The van der Waals surface area contributed by atoms with Gasteiger partial charge in [0.25, 0.3) is 0 Å². The SMILES string of the molecule is COc1ccccc1N1CCN(CC(O)COc2cccc3cc(C(C)O)oc23)CC1. The Morgan fingerprint density at radius 2 is 1.74 bits per heavy atom. The van der Waals surface area contributed by atoms with E-state index in [9.17, 15) is 10.2 Å². The summed E-state index contributed by atoms with van der Waals surface area (Å²) in [6, 6.07) is 15.5. The van der Waals surface area contributed by atoms with Crippen LogP contribution in [0.25, 0.3) is 11.0 Å². The molecule has 4 rings (SSSR count). The Balaban J connectivity index is 1.29. The van der Waals surface area contributed by atoms with Crippen LogP contribution in [0.3, 0.4) is 0 Å². The maximum atomic E-state index is 10.5. The molecule has 31 heavy (non-hydrogen) atoms. The molecule has 7 nitrogen and oxygen atoms in total. The van der Waals surface area contributed by atoms with Crippen molar-refractivity contribution in [2.45, 2.75) is 19.1 Å². The van der Waals surface area contributed by atoms with E-state index in [0.29, 0.717) is 23.6 Å². The molecule has 2 aromatic carbocycles. The lowest BCUT2D eigenvalue weighted by atomic mass is 10.2. The molecule has 0 aliphatic carbocycles. The number of nitrogens with zero attached hydrogens (tertiary/aromatic N) is 2. The van der Waals surface area contributed by atoms with E-state index < -0.39 is 12.2 Å². The minimum absolute atomic E-state index is 0.177. The number of anilines is 1. The summed E-state index contributed by atoms with van der Waals surface area (Å²) in [5.41, 5.74) is 1.70. The molecule has 1 aromatic heterocycles. The maximum absolute atomic E-state index is 10.5. The molecule has 3 aromatic rings. The van der Waals surface area contributed by atoms with Gasteiger partial charge in [-0.1, -0.05) is 24.3 Å². The third kappa shape index (κ3) is 4.95. The summed E-state index contributed by atoms with van der Waals surface area (Å²) in [7, 11) is 1.69. The smallest absolute Gasteiger partial charge is 0.176 e. The second-order valence-electron chi connectivity index (χ2n) is 7.92. The first-order valence-electron chi connectivity index (χ1n) is 10.7. The van der Waals surface area contributed by atoms with Gasteiger partial charge >= 0.3 is 0 Å². The molecule has 0 radical (unpaired) electrons. The van der Waals surface area contributed by atoms with Crippen LogP contribution in [0.4, 0.5) is 5.69 Å². The molecule has 7 heteroatoms. The Bertz CT molecular complexity index is 995. The van der Waals surface area contributed by atoms with Gasteiger partial charge in [-0.25, -0.2) is 0 Å². The summed E-state index contributed by atoms with van der Waals surface area (Å²) in [4.78, 5) is 4.56. The van der Waals surface area contributed by atoms with Gasteiger partial charge in [0.05, 0.1) is 12.8 Å². The first-order valence-corrected chi connectivity index (χ1v) is 10.7. The minimum Gasteiger partial charge on any atom is -0.495 e. The Hall–Kier alpha value is -2.74. The molecule has 2 heterocycles. The molecule has 2 N–H and O–H groups in total. The lowest BCUT2D eigenvalue weighted by Crippen LogP contribution is -2.49.